The van der Waals surface area contributed by atoms with Gasteiger partial charge in [0.2, 0.25) is 0 Å². The number of amides is 2. The number of hydrogen-bond donors (Lipinski definition) is 2. The van der Waals surface area contributed by atoms with E-state index < -0.39 is 5.41 Å². The fourth-order valence-electron chi connectivity index (χ4n) is 4.13. The molecule has 0 radical (unpaired) electrons. The second-order valence-electron chi connectivity index (χ2n) is 8.19. The molecule has 4 rings (SSSR count). The fraction of sp³-hybridized carbons (Fsp3) is 0.320. The number of carbonyl (C=O) groups is 2. The number of carbonyl (C=O) groups excluding carboxylic acids is 2. The summed E-state index contributed by atoms with van der Waals surface area (Å²) < 4.78 is 5.15. The maximum Gasteiger partial charge on any atom is 0.323 e. The summed E-state index contributed by atoms with van der Waals surface area (Å²) in [6, 6.07) is 15.0. The minimum absolute atomic E-state index is 0.183. The lowest BCUT2D eigenvalue weighted by atomic mass is 9.74. The van der Waals surface area contributed by atoms with E-state index in [0.717, 1.165) is 58.8 Å². The van der Waals surface area contributed by atoms with Crippen LogP contribution in [-0.4, -0.2) is 24.1 Å². The molecule has 0 spiro atoms. The molecule has 32 heavy (non-hydrogen) atoms. The summed E-state index contributed by atoms with van der Waals surface area (Å²) in [5.74, 6) is -0.183. The van der Waals surface area contributed by atoms with Crippen LogP contribution in [0.15, 0.2) is 54.7 Å². The zero-order chi connectivity index (χ0) is 22.6. The summed E-state index contributed by atoms with van der Waals surface area (Å²) in [5, 5.41) is 6.50. The van der Waals surface area contributed by atoms with E-state index in [2.05, 4.69) is 15.6 Å². The van der Waals surface area contributed by atoms with E-state index in [1.165, 1.54) is 7.11 Å². The Morgan fingerprint density at radius 3 is 2.12 bits per heavy atom. The molecule has 2 amide bonds. The predicted molar refractivity (Wildman–Crippen MR) is 128 cm³/mol. The average Bonchev–Trinajstić information content (AvgIpc) is 3.32. The van der Waals surface area contributed by atoms with Gasteiger partial charge in [0, 0.05) is 17.6 Å². The average molecular weight is 450 g/mol. The molecule has 0 bridgehead atoms. The molecule has 1 fully saturated rings. The number of anilines is 2. The van der Waals surface area contributed by atoms with Gasteiger partial charge < -0.3 is 15.4 Å². The normalized spacial score (nSPS) is 15.1. The van der Waals surface area contributed by atoms with Crippen molar-refractivity contribution in [1.29, 1.82) is 0 Å². The fourth-order valence-corrected chi connectivity index (χ4v) is 5.29. The van der Waals surface area contributed by atoms with Crippen molar-refractivity contribution in [3.8, 4) is 10.4 Å². The highest BCUT2D eigenvalue weighted by molar-refractivity contribution is 7.15. The van der Waals surface area contributed by atoms with E-state index in [9.17, 15) is 9.59 Å². The van der Waals surface area contributed by atoms with Crippen molar-refractivity contribution in [2.75, 3.05) is 17.7 Å². The predicted octanol–water partition coefficient (Wildman–Crippen LogP) is 6.14. The smallest absolute Gasteiger partial charge is 0.323 e. The second kappa shape index (κ2) is 9.53. The van der Waals surface area contributed by atoms with Gasteiger partial charge in [0.25, 0.3) is 0 Å². The molecule has 166 valence electrons. The quantitative estimate of drug-likeness (QED) is 0.459. The van der Waals surface area contributed by atoms with Crippen LogP contribution in [0, 0.1) is 6.92 Å². The van der Waals surface area contributed by atoms with E-state index in [1.54, 1.807) is 11.3 Å². The lowest BCUT2D eigenvalue weighted by Gasteiger charge is -2.32. The molecule has 7 heteroatoms. The minimum atomic E-state index is -0.620. The molecule has 6 nitrogen and oxygen atoms in total. The number of nitrogens with zero attached hydrogens (tertiary/aromatic N) is 1. The Labute approximate surface area is 192 Å². The Kier molecular flexibility index (Phi) is 6.55. The van der Waals surface area contributed by atoms with Crippen LogP contribution in [-0.2, 0) is 14.9 Å². The van der Waals surface area contributed by atoms with Gasteiger partial charge in [-0.05, 0) is 49.6 Å². The first kappa shape index (κ1) is 22.0. The number of nitrogens with one attached hydrogen (secondary N) is 2. The van der Waals surface area contributed by atoms with Crippen LogP contribution in [0.25, 0.3) is 10.4 Å². The lowest BCUT2D eigenvalue weighted by Crippen LogP contribution is -2.38. The van der Waals surface area contributed by atoms with Crippen LogP contribution in [0.2, 0.25) is 0 Å². The number of urea groups is 1. The topological polar surface area (TPSA) is 80.3 Å². The summed E-state index contributed by atoms with van der Waals surface area (Å²) >= 11 is 1.55. The van der Waals surface area contributed by atoms with Gasteiger partial charge in [-0.1, -0.05) is 49.1 Å². The summed E-state index contributed by atoms with van der Waals surface area (Å²) in [6.07, 6.45) is 6.55. The van der Waals surface area contributed by atoms with E-state index in [1.807, 2.05) is 61.7 Å². The molecule has 1 saturated carbocycles. The Morgan fingerprint density at radius 1 is 0.938 bits per heavy atom. The summed E-state index contributed by atoms with van der Waals surface area (Å²) in [5.41, 5.74) is 2.95. The molecule has 2 aromatic carbocycles. The molecule has 0 saturated heterocycles. The third-order valence-electron chi connectivity index (χ3n) is 5.94. The molecule has 2 N–H and O–H groups in total. The molecule has 1 aliphatic rings. The molecule has 1 aromatic heterocycles. The number of aryl methyl sites for hydroxylation is 1. The van der Waals surface area contributed by atoms with Crippen LogP contribution in [0.5, 0.6) is 0 Å². The highest BCUT2D eigenvalue weighted by Crippen LogP contribution is 2.43. The molecule has 3 aromatic rings. The number of aromatic nitrogens is 1. The Bertz CT molecular complexity index is 1080. The van der Waals surface area contributed by atoms with Crippen molar-refractivity contribution in [1.82, 2.24) is 4.98 Å². The van der Waals surface area contributed by atoms with Crippen molar-refractivity contribution in [3.63, 3.8) is 0 Å². The van der Waals surface area contributed by atoms with Crippen LogP contribution in [0.4, 0.5) is 16.2 Å². The van der Waals surface area contributed by atoms with Gasteiger partial charge >= 0.3 is 12.0 Å². The molecule has 0 atom stereocenters. The lowest BCUT2D eigenvalue weighted by molar-refractivity contribution is -0.149. The largest absolute Gasteiger partial charge is 0.468 e. The summed E-state index contributed by atoms with van der Waals surface area (Å²) in [4.78, 5) is 30.5. The third-order valence-corrected chi connectivity index (χ3v) is 7.19. The van der Waals surface area contributed by atoms with Crippen LogP contribution < -0.4 is 10.6 Å². The molecular formula is C25H27N3O3S. The SMILES string of the molecule is COC(=O)C1(c2ncc(-c3ccc(NC(=O)Nc4ccc(C)cc4)cc3)s2)CCCCC1. The molecule has 1 heterocycles. The molecular weight excluding hydrogens is 422 g/mol. The van der Waals surface area contributed by atoms with Crippen LogP contribution >= 0.6 is 11.3 Å². The van der Waals surface area contributed by atoms with Crippen LogP contribution in [0.3, 0.4) is 0 Å². The van der Waals surface area contributed by atoms with Gasteiger partial charge in [-0.3, -0.25) is 4.79 Å². The monoisotopic (exact) mass is 449 g/mol. The van der Waals surface area contributed by atoms with E-state index in [0.29, 0.717) is 5.69 Å². The Balaban J connectivity index is 1.45. The van der Waals surface area contributed by atoms with Crippen molar-refractivity contribution in [2.24, 2.45) is 0 Å². The number of hydrogen-bond acceptors (Lipinski definition) is 5. The number of benzene rings is 2. The summed E-state index contributed by atoms with van der Waals surface area (Å²) in [7, 11) is 1.45. The van der Waals surface area contributed by atoms with Gasteiger partial charge in [-0.25, -0.2) is 9.78 Å². The number of esters is 1. The van der Waals surface area contributed by atoms with E-state index in [4.69, 9.17) is 4.74 Å². The van der Waals surface area contributed by atoms with Gasteiger partial charge in [-0.2, -0.15) is 0 Å². The molecule has 1 aliphatic carbocycles. The van der Waals surface area contributed by atoms with Gasteiger partial charge in [0.05, 0.1) is 12.0 Å². The zero-order valence-electron chi connectivity index (χ0n) is 18.3. The van der Waals surface area contributed by atoms with E-state index >= 15 is 0 Å². The highest BCUT2D eigenvalue weighted by Gasteiger charge is 2.44. The van der Waals surface area contributed by atoms with E-state index in [-0.39, 0.29) is 12.0 Å². The maximum absolute atomic E-state index is 12.6. The first-order valence-electron chi connectivity index (χ1n) is 10.8. The first-order chi connectivity index (χ1) is 15.5. The van der Waals surface area contributed by atoms with Crippen molar-refractivity contribution in [2.45, 2.75) is 44.4 Å². The number of rotatable bonds is 5. The minimum Gasteiger partial charge on any atom is -0.468 e. The van der Waals surface area contributed by atoms with Gasteiger partial charge in [-0.15, -0.1) is 11.3 Å². The highest BCUT2D eigenvalue weighted by atomic mass is 32.1. The summed E-state index contributed by atoms with van der Waals surface area (Å²) in [6.45, 7) is 2.00. The molecule has 0 unspecified atom stereocenters. The third kappa shape index (κ3) is 4.67. The van der Waals surface area contributed by atoms with Crippen molar-refractivity contribution >= 4 is 34.7 Å². The van der Waals surface area contributed by atoms with Crippen molar-refractivity contribution < 1.29 is 14.3 Å². The zero-order valence-corrected chi connectivity index (χ0v) is 19.1. The number of thiazole rings is 1. The Morgan fingerprint density at radius 2 is 1.53 bits per heavy atom. The van der Waals surface area contributed by atoms with Crippen LogP contribution in [0.1, 0.15) is 42.7 Å². The Hall–Kier alpha value is -3.19. The maximum atomic E-state index is 12.6. The van der Waals surface area contributed by atoms with Gasteiger partial charge in [0.1, 0.15) is 10.4 Å². The number of methoxy groups -OCH3 is 1. The first-order valence-corrected chi connectivity index (χ1v) is 11.6. The number of ether oxygens (including phenoxy) is 1. The van der Waals surface area contributed by atoms with Crippen molar-refractivity contribution in [3.05, 3.63) is 65.3 Å². The molecule has 0 aliphatic heterocycles. The second-order valence-corrected chi connectivity index (χ2v) is 9.22. The standard InChI is InChI=1S/C25H27N3O3S/c1-17-6-10-19(11-7-17)27-24(30)28-20-12-8-18(9-13-20)21-16-26-22(32-21)25(23(29)31-2)14-4-3-5-15-25/h6-13,16H,3-5,14-15H2,1-2H3,(H2,27,28,30). The van der Waals surface area contributed by atoms with Gasteiger partial charge in [0.15, 0.2) is 0 Å².